The Bertz CT molecular complexity index is 638. The highest BCUT2D eigenvalue weighted by Gasteiger charge is 2.13. The number of nitriles is 1. The molecule has 0 fully saturated rings. The topological polar surface area (TPSA) is 65.8 Å². The van der Waals surface area contributed by atoms with Gasteiger partial charge in [-0.15, -0.1) is 11.3 Å². The number of aryl methyl sites for hydroxylation is 2. The molecule has 0 spiro atoms. The number of amides is 1. The molecule has 0 bridgehead atoms. The van der Waals surface area contributed by atoms with E-state index in [2.05, 4.69) is 16.4 Å². The number of hydrogen-bond donors (Lipinski definition) is 1. The fourth-order valence-corrected chi connectivity index (χ4v) is 2.52. The standard InChI is InChI=1S/C14H13N3OS/c1-9-13(17-10(2)19-9)14(18)16-8-12-5-3-11(7-15)4-6-12/h3-6H,8H2,1-2H3,(H,16,18). The molecule has 1 heterocycles. The molecule has 1 aromatic carbocycles. The van der Waals surface area contributed by atoms with Gasteiger partial charge in [-0.25, -0.2) is 4.98 Å². The van der Waals surface area contributed by atoms with Crippen molar-refractivity contribution < 1.29 is 4.79 Å². The first-order chi connectivity index (χ1) is 9.10. The van der Waals surface area contributed by atoms with Crippen molar-refractivity contribution in [3.63, 3.8) is 0 Å². The van der Waals surface area contributed by atoms with Gasteiger partial charge in [0.25, 0.3) is 5.91 Å². The van der Waals surface area contributed by atoms with Crippen LogP contribution in [0.5, 0.6) is 0 Å². The van der Waals surface area contributed by atoms with E-state index in [1.54, 1.807) is 12.1 Å². The van der Waals surface area contributed by atoms with Crippen LogP contribution in [0, 0.1) is 25.2 Å². The van der Waals surface area contributed by atoms with Crippen molar-refractivity contribution in [1.29, 1.82) is 5.26 Å². The molecule has 1 aromatic heterocycles. The average molecular weight is 271 g/mol. The fourth-order valence-electron chi connectivity index (χ4n) is 1.70. The van der Waals surface area contributed by atoms with Gasteiger partial charge in [0.1, 0.15) is 5.69 Å². The smallest absolute Gasteiger partial charge is 0.271 e. The highest BCUT2D eigenvalue weighted by atomic mass is 32.1. The SMILES string of the molecule is Cc1nc(C(=O)NCc2ccc(C#N)cc2)c(C)s1. The Hall–Kier alpha value is -2.19. The monoisotopic (exact) mass is 271 g/mol. The van der Waals surface area contributed by atoms with Crippen LogP contribution in [-0.4, -0.2) is 10.9 Å². The minimum atomic E-state index is -0.161. The van der Waals surface area contributed by atoms with Crippen LogP contribution in [0.1, 0.15) is 31.5 Å². The lowest BCUT2D eigenvalue weighted by molar-refractivity contribution is 0.0946. The van der Waals surface area contributed by atoms with E-state index in [1.807, 2.05) is 26.0 Å². The third kappa shape index (κ3) is 3.18. The van der Waals surface area contributed by atoms with Crippen LogP contribution < -0.4 is 5.32 Å². The fraction of sp³-hybridized carbons (Fsp3) is 0.214. The summed E-state index contributed by atoms with van der Waals surface area (Å²) in [7, 11) is 0. The number of benzene rings is 1. The predicted octanol–water partition coefficient (Wildman–Crippen LogP) is 2.56. The second kappa shape index (κ2) is 5.63. The molecule has 0 radical (unpaired) electrons. The van der Waals surface area contributed by atoms with Gasteiger partial charge in [-0.3, -0.25) is 4.79 Å². The predicted molar refractivity (Wildman–Crippen MR) is 73.9 cm³/mol. The average Bonchev–Trinajstić information content (AvgIpc) is 2.75. The van der Waals surface area contributed by atoms with Gasteiger partial charge in [0, 0.05) is 11.4 Å². The summed E-state index contributed by atoms with van der Waals surface area (Å²) in [5, 5.41) is 12.4. The van der Waals surface area contributed by atoms with Gasteiger partial charge in [0.15, 0.2) is 0 Å². The van der Waals surface area contributed by atoms with Crippen molar-refractivity contribution in [3.8, 4) is 6.07 Å². The summed E-state index contributed by atoms with van der Waals surface area (Å²) in [4.78, 5) is 17.1. The van der Waals surface area contributed by atoms with Crippen LogP contribution in [0.4, 0.5) is 0 Å². The number of rotatable bonds is 3. The zero-order valence-electron chi connectivity index (χ0n) is 10.7. The molecule has 1 amide bonds. The Morgan fingerprint density at radius 1 is 1.37 bits per heavy atom. The summed E-state index contributed by atoms with van der Waals surface area (Å²) in [6.45, 7) is 4.21. The van der Waals surface area contributed by atoms with E-state index in [0.29, 0.717) is 17.8 Å². The highest BCUT2D eigenvalue weighted by molar-refractivity contribution is 7.11. The van der Waals surface area contributed by atoms with E-state index in [4.69, 9.17) is 5.26 Å². The highest BCUT2D eigenvalue weighted by Crippen LogP contribution is 2.16. The molecule has 0 aliphatic heterocycles. The first-order valence-electron chi connectivity index (χ1n) is 5.81. The minimum absolute atomic E-state index is 0.161. The van der Waals surface area contributed by atoms with Crippen LogP contribution >= 0.6 is 11.3 Å². The first-order valence-corrected chi connectivity index (χ1v) is 6.63. The zero-order chi connectivity index (χ0) is 13.8. The maximum absolute atomic E-state index is 12.0. The molecule has 19 heavy (non-hydrogen) atoms. The van der Waals surface area contributed by atoms with Gasteiger partial charge < -0.3 is 5.32 Å². The van der Waals surface area contributed by atoms with Crippen molar-refractivity contribution in [2.75, 3.05) is 0 Å². The van der Waals surface area contributed by atoms with Crippen molar-refractivity contribution in [2.24, 2.45) is 0 Å². The number of carbonyl (C=O) groups is 1. The van der Waals surface area contributed by atoms with E-state index in [1.165, 1.54) is 11.3 Å². The molecule has 2 rings (SSSR count). The zero-order valence-corrected chi connectivity index (χ0v) is 11.5. The summed E-state index contributed by atoms with van der Waals surface area (Å²) in [6.07, 6.45) is 0. The molecular formula is C14H13N3OS. The van der Waals surface area contributed by atoms with Gasteiger partial charge in [-0.05, 0) is 31.5 Å². The third-order valence-electron chi connectivity index (χ3n) is 2.65. The van der Waals surface area contributed by atoms with Crippen LogP contribution in [0.2, 0.25) is 0 Å². The van der Waals surface area contributed by atoms with Crippen molar-refractivity contribution >= 4 is 17.2 Å². The summed E-state index contributed by atoms with van der Waals surface area (Å²) >= 11 is 1.52. The van der Waals surface area contributed by atoms with Crippen molar-refractivity contribution in [3.05, 3.63) is 51.0 Å². The Labute approximate surface area is 115 Å². The van der Waals surface area contributed by atoms with Crippen molar-refractivity contribution in [1.82, 2.24) is 10.3 Å². The number of carbonyl (C=O) groups excluding carboxylic acids is 1. The Morgan fingerprint density at radius 2 is 2.05 bits per heavy atom. The molecule has 0 aliphatic rings. The minimum Gasteiger partial charge on any atom is -0.347 e. The maximum Gasteiger partial charge on any atom is 0.271 e. The molecule has 0 unspecified atom stereocenters. The second-order valence-electron chi connectivity index (χ2n) is 4.13. The lowest BCUT2D eigenvalue weighted by Crippen LogP contribution is -2.23. The normalized spacial score (nSPS) is 9.95. The van der Waals surface area contributed by atoms with E-state index in [0.717, 1.165) is 15.4 Å². The molecule has 1 N–H and O–H groups in total. The first kappa shape index (κ1) is 13.2. The van der Waals surface area contributed by atoms with E-state index < -0.39 is 0 Å². The molecule has 2 aromatic rings. The van der Waals surface area contributed by atoms with Gasteiger partial charge in [-0.2, -0.15) is 5.26 Å². The maximum atomic E-state index is 12.0. The molecular weight excluding hydrogens is 258 g/mol. The van der Waals surface area contributed by atoms with Crippen molar-refractivity contribution in [2.45, 2.75) is 20.4 Å². The lowest BCUT2D eigenvalue weighted by Gasteiger charge is -2.04. The largest absolute Gasteiger partial charge is 0.347 e. The van der Waals surface area contributed by atoms with Gasteiger partial charge in [0.2, 0.25) is 0 Å². The summed E-state index contributed by atoms with van der Waals surface area (Å²) in [6, 6.07) is 9.19. The van der Waals surface area contributed by atoms with Crippen LogP contribution in [0.25, 0.3) is 0 Å². The third-order valence-corrected chi connectivity index (χ3v) is 3.54. The molecule has 96 valence electrons. The number of nitrogens with zero attached hydrogens (tertiary/aromatic N) is 2. The van der Waals surface area contributed by atoms with E-state index in [9.17, 15) is 4.79 Å². The Kier molecular flexibility index (Phi) is 3.93. The number of thiazole rings is 1. The quantitative estimate of drug-likeness (QED) is 0.933. The Morgan fingerprint density at radius 3 is 2.58 bits per heavy atom. The van der Waals surface area contributed by atoms with Crippen LogP contribution in [-0.2, 0) is 6.54 Å². The number of aromatic nitrogens is 1. The Balaban J connectivity index is 2.00. The summed E-state index contributed by atoms with van der Waals surface area (Å²) < 4.78 is 0. The molecule has 0 saturated carbocycles. The number of hydrogen-bond acceptors (Lipinski definition) is 4. The molecule has 0 atom stereocenters. The van der Waals surface area contributed by atoms with Crippen LogP contribution in [0.3, 0.4) is 0 Å². The lowest BCUT2D eigenvalue weighted by atomic mass is 10.1. The van der Waals surface area contributed by atoms with Crippen LogP contribution in [0.15, 0.2) is 24.3 Å². The van der Waals surface area contributed by atoms with Gasteiger partial charge >= 0.3 is 0 Å². The van der Waals surface area contributed by atoms with Gasteiger partial charge in [0.05, 0.1) is 16.6 Å². The van der Waals surface area contributed by atoms with E-state index >= 15 is 0 Å². The molecule has 0 saturated heterocycles. The van der Waals surface area contributed by atoms with E-state index in [-0.39, 0.29) is 5.91 Å². The van der Waals surface area contributed by atoms with Gasteiger partial charge in [-0.1, -0.05) is 12.1 Å². The molecule has 4 nitrogen and oxygen atoms in total. The second-order valence-corrected chi connectivity index (χ2v) is 5.54. The summed E-state index contributed by atoms with van der Waals surface area (Å²) in [5.74, 6) is -0.161. The molecule has 5 heteroatoms. The number of nitrogens with one attached hydrogen (secondary N) is 1. The summed E-state index contributed by atoms with van der Waals surface area (Å²) in [5.41, 5.74) is 2.06. The molecule has 0 aliphatic carbocycles.